The van der Waals surface area contributed by atoms with Crippen LogP contribution >= 0.6 is 0 Å². The highest BCUT2D eigenvalue weighted by molar-refractivity contribution is 5.44. The summed E-state index contributed by atoms with van der Waals surface area (Å²) in [4.78, 5) is 0. The predicted molar refractivity (Wildman–Crippen MR) is 74.9 cm³/mol. The normalized spacial score (nSPS) is 37.6. The van der Waals surface area contributed by atoms with E-state index in [9.17, 15) is 0 Å². The molecule has 3 aliphatic carbocycles. The summed E-state index contributed by atoms with van der Waals surface area (Å²) in [5.41, 5.74) is 3.88. The zero-order valence-corrected chi connectivity index (χ0v) is 11.3. The topological polar surface area (TPSA) is 12.0 Å². The minimum Gasteiger partial charge on any atom is -0.314 e. The Morgan fingerprint density at radius 2 is 2.06 bits per heavy atom. The molecule has 0 aromatic heterocycles. The van der Waals surface area contributed by atoms with E-state index >= 15 is 0 Å². The van der Waals surface area contributed by atoms with Crippen molar-refractivity contribution in [1.82, 2.24) is 5.32 Å². The summed E-state index contributed by atoms with van der Waals surface area (Å²) in [6.45, 7) is 3.65. The molecule has 4 rings (SSSR count). The highest BCUT2D eigenvalue weighted by Gasteiger charge is 2.56. The molecule has 3 unspecified atom stereocenters. The SMILES string of the molecule is CC1CCC2(CC2CNC2CC2)c2ccccc21. The third-order valence-electron chi connectivity index (χ3n) is 5.51. The molecule has 3 atom stereocenters. The summed E-state index contributed by atoms with van der Waals surface area (Å²) in [6.07, 6.45) is 7.05. The summed E-state index contributed by atoms with van der Waals surface area (Å²) in [7, 11) is 0. The van der Waals surface area contributed by atoms with E-state index in [1.54, 1.807) is 11.1 Å². The van der Waals surface area contributed by atoms with Crippen LogP contribution in [0.1, 0.15) is 56.1 Å². The van der Waals surface area contributed by atoms with Crippen LogP contribution in [0.25, 0.3) is 0 Å². The molecule has 0 radical (unpaired) electrons. The van der Waals surface area contributed by atoms with E-state index in [0.717, 1.165) is 17.9 Å². The number of hydrogen-bond acceptors (Lipinski definition) is 1. The Bertz CT molecular complexity index is 462. The van der Waals surface area contributed by atoms with Crippen molar-refractivity contribution in [2.24, 2.45) is 5.92 Å². The second-order valence-electron chi connectivity index (χ2n) is 6.77. The van der Waals surface area contributed by atoms with Crippen LogP contribution in [0.5, 0.6) is 0 Å². The summed E-state index contributed by atoms with van der Waals surface area (Å²) < 4.78 is 0. The quantitative estimate of drug-likeness (QED) is 0.852. The minimum absolute atomic E-state index is 0.561. The molecule has 0 amide bonds. The summed E-state index contributed by atoms with van der Waals surface area (Å²) in [5.74, 6) is 1.68. The summed E-state index contributed by atoms with van der Waals surface area (Å²) >= 11 is 0. The molecule has 0 saturated heterocycles. The Balaban J connectivity index is 1.57. The molecule has 3 aliphatic rings. The van der Waals surface area contributed by atoms with Gasteiger partial charge >= 0.3 is 0 Å². The molecule has 1 aromatic rings. The van der Waals surface area contributed by atoms with E-state index < -0.39 is 0 Å². The Kier molecular flexibility index (Phi) is 2.35. The van der Waals surface area contributed by atoms with Gasteiger partial charge in [-0.2, -0.15) is 0 Å². The molecule has 1 nitrogen and oxygen atoms in total. The number of rotatable bonds is 3. The fraction of sp³-hybridized carbons (Fsp3) is 0.647. The molecule has 1 heteroatoms. The lowest BCUT2D eigenvalue weighted by molar-refractivity contribution is 0.447. The minimum atomic E-state index is 0.561. The van der Waals surface area contributed by atoms with Crippen molar-refractivity contribution in [3.8, 4) is 0 Å². The van der Waals surface area contributed by atoms with Crippen LogP contribution < -0.4 is 5.32 Å². The molecule has 1 spiro atoms. The maximum Gasteiger partial charge on any atom is 0.00683 e. The van der Waals surface area contributed by atoms with Gasteiger partial charge in [0.2, 0.25) is 0 Å². The van der Waals surface area contributed by atoms with Crippen molar-refractivity contribution in [1.29, 1.82) is 0 Å². The van der Waals surface area contributed by atoms with Gasteiger partial charge in [0.15, 0.2) is 0 Å². The maximum absolute atomic E-state index is 3.73. The lowest BCUT2D eigenvalue weighted by Gasteiger charge is -2.31. The fourth-order valence-corrected chi connectivity index (χ4v) is 4.03. The first-order valence-electron chi connectivity index (χ1n) is 7.62. The van der Waals surface area contributed by atoms with E-state index in [1.165, 1.54) is 38.6 Å². The Labute approximate surface area is 110 Å². The van der Waals surface area contributed by atoms with E-state index in [-0.39, 0.29) is 0 Å². The third-order valence-corrected chi connectivity index (χ3v) is 5.51. The zero-order chi connectivity index (χ0) is 12.2. The monoisotopic (exact) mass is 241 g/mol. The Morgan fingerprint density at radius 1 is 1.22 bits per heavy atom. The number of fused-ring (bicyclic) bond motifs is 2. The van der Waals surface area contributed by atoms with Gasteiger partial charge in [0.25, 0.3) is 0 Å². The summed E-state index contributed by atoms with van der Waals surface area (Å²) in [6, 6.07) is 10.1. The number of nitrogens with one attached hydrogen (secondary N) is 1. The Morgan fingerprint density at radius 3 is 2.89 bits per heavy atom. The molecule has 18 heavy (non-hydrogen) atoms. The van der Waals surface area contributed by atoms with Gasteiger partial charge in [-0.3, -0.25) is 0 Å². The van der Waals surface area contributed by atoms with Crippen LogP contribution in [0.2, 0.25) is 0 Å². The van der Waals surface area contributed by atoms with Gasteiger partial charge in [-0.1, -0.05) is 31.2 Å². The fourth-order valence-electron chi connectivity index (χ4n) is 4.03. The molecular formula is C17H23N. The van der Waals surface area contributed by atoms with Crippen LogP contribution in [0.4, 0.5) is 0 Å². The highest BCUT2D eigenvalue weighted by atomic mass is 15.0. The van der Waals surface area contributed by atoms with Gasteiger partial charge in [-0.25, -0.2) is 0 Å². The second kappa shape index (κ2) is 3.84. The first-order valence-corrected chi connectivity index (χ1v) is 7.62. The molecule has 96 valence electrons. The molecule has 2 fully saturated rings. The predicted octanol–water partition coefficient (Wildman–Crippen LogP) is 3.59. The van der Waals surface area contributed by atoms with Gasteiger partial charge in [0.05, 0.1) is 0 Å². The zero-order valence-electron chi connectivity index (χ0n) is 11.3. The van der Waals surface area contributed by atoms with Crippen molar-refractivity contribution in [3.05, 3.63) is 35.4 Å². The lowest BCUT2D eigenvalue weighted by atomic mass is 9.74. The van der Waals surface area contributed by atoms with Crippen molar-refractivity contribution >= 4 is 0 Å². The van der Waals surface area contributed by atoms with E-state index in [0.29, 0.717) is 5.41 Å². The first-order chi connectivity index (χ1) is 8.79. The second-order valence-corrected chi connectivity index (χ2v) is 6.77. The van der Waals surface area contributed by atoms with Gasteiger partial charge in [0.1, 0.15) is 0 Å². The van der Waals surface area contributed by atoms with Crippen LogP contribution in [0.15, 0.2) is 24.3 Å². The van der Waals surface area contributed by atoms with Gasteiger partial charge in [-0.05, 0) is 61.6 Å². The van der Waals surface area contributed by atoms with Crippen molar-refractivity contribution in [2.45, 2.75) is 56.4 Å². The molecule has 0 aliphatic heterocycles. The van der Waals surface area contributed by atoms with E-state index in [4.69, 9.17) is 0 Å². The van der Waals surface area contributed by atoms with Crippen LogP contribution in [0, 0.1) is 5.92 Å². The molecule has 2 saturated carbocycles. The molecule has 1 aromatic carbocycles. The van der Waals surface area contributed by atoms with Crippen LogP contribution in [-0.2, 0) is 5.41 Å². The van der Waals surface area contributed by atoms with Gasteiger partial charge in [0, 0.05) is 11.5 Å². The first kappa shape index (κ1) is 11.0. The van der Waals surface area contributed by atoms with Crippen molar-refractivity contribution < 1.29 is 0 Å². The smallest absolute Gasteiger partial charge is 0.00683 e. The lowest BCUT2D eigenvalue weighted by Crippen LogP contribution is -2.26. The maximum atomic E-state index is 3.73. The van der Waals surface area contributed by atoms with Gasteiger partial charge < -0.3 is 5.32 Å². The number of benzene rings is 1. The standard InChI is InChI=1S/C17H23N/c1-12-8-9-17(16-5-3-2-4-15(12)16)10-13(17)11-18-14-6-7-14/h2-5,12-14,18H,6-11H2,1H3. The van der Waals surface area contributed by atoms with E-state index in [2.05, 4.69) is 36.5 Å². The molecule has 0 bridgehead atoms. The average Bonchev–Trinajstić information content (AvgIpc) is 3.29. The van der Waals surface area contributed by atoms with Crippen LogP contribution in [-0.4, -0.2) is 12.6 Å². The largest absolute Gasteiger partial charge is 0.314 e. The third kappa shape index (κ3) is 1.64. The van der Waals surface area contributed by atoms with E-state index in [1.807, 2.05) is 0 Å². The van der Waals surface area contributed by atoms with Crippen LogP contribution in [0.3, 0.4) is 0 Å². The highest BCUT2D eigenvalue weighted by Crippen LogP contribution is 2.61. The molecule has 1 N–H and O–H groups in total. The average molecular weight is 241 g/mol. The summed E-state index contributed by atoms with van der Waals surface area (Å²) in [5, 5.41) is 3.73. The van der Waals surface area contributed by atoms with Gasteiger partial charge in [-0.15, -0.1) is 0 Å². The van der Waals surface area contributed by atoms with Crippen molar-refractivity contribution in [2.75, 3.05) is 6.54 Å². The Hall–Kier alpha value is -0.820. The molecular weight excluding hydrogens is 218 g/mol. The van der Waals surface area contributed by atoms with Crippen molar-refractivity contribution in [3.63, 3.8) is 0 Å². The number of hydrogen-bond donors (Lipinski definition) is 1. The molecule has 0 heterocycles.